The molecular formula is C19H14N2. The van der Waals surface area contributed by atoms with E-state index in [1.54, 1.807) is 0 Å². The van der Waals surface area contributed by atoms with Crippen molar-refractivity contribution in [3.63, 3.8) is 0 Å². The van der Waals surface area contributed by atoms with Crippen LogP contribution in [0.15, 0.2) is 79.1 Å². The number of hydrogen-bond donors (Lipinski definition) is 1. The van der Waals surface area contributed by atoms with Crippen molar-refractivity contribution in [2.75, 3.05) is 0 Å². The van der Waals surface area contributed by atoms with Gasteiger partial charge >= 0.3 is 0 Å². The van der Waals surface area contributed by atoms with Crippen LogP contribution in [0.25, 0.3) is 32.6 Å². The van der Waals surface area contributed by atoms with Crippen molar-refractivity contribution >= 4 is 32.6 Å². The summed E-state index contributed by atoms with van der Waals surface area (Å²) in [5, 5.41) is 4.75. The highest BCUT2D eigenvalue weighted by atomic mass is 14.7. The van der Waals surface area contributed by atoms with Crippen LogP contribution in [-0.2, 0) is 0 Å². The first-order valence-electron chi connectivity index (χ1n) is 6.99. The molecule has 0 bridgehead atoms. The fraction of sp³-hybridized carbons (Fsp3) is 0. The van der Waals surface area contributed by atoms with E-state index in [1.165, 1.54) is 21.5 Å². The number of benzene rings is 2. The third-order valence-corrected chi connectivity index (χ3v) is 3.74. The van der Waals surface area contributed by atoms with Gasteiger partial charge in [0.05, 0.1) is 0 Å². The number of aromatic nitrogens is 2. The van der Waals surface area contributed by atoms with Crippen LogP contribution >= 0.6 is 0 Å². The van der Waals surface area contributed by atoms with Crippen LogP contribution < -0.4 is 0 Å². The summed E-state index contributed by atoms with van der Waals surface area (Å²) in [7, 11) is 0. The summed E-state index contributed by atoms with van der Waals surface area (Å²) in [6.45, 7) is 0. The zero-order chi connectivity index (χ0) is 14.1. The van der Waals surface area contributed by atoms with E-state index >= 15 is 0 Å². The summed E-state index contributed by atoms with van der Waals surface area (Å²) in [6, 6.07) is 23.0. The number of H-pyrrole nitrogens is 1. The first kappa shape index (κ1) is 11.9. The van der Waals surface area contributed by atoms with Crippen LogP contribution in [0, 0.1) is 0 Å². The Hall–Kier alpha value is -2.87. The lowest BCUT2D eigenvalue weighted by atomic mass is 10.1. The summed E-state index contributed by atoms with van der Waals surface area (Å²) in [4.78, 5) is 7.83. The molecule has 0 aliphatic rings. The molecule has 100 valence electrons. The number of hydrogen-bond acceptors (Lipinski definition) is 1. The standard InChI is InChI=1S/C19H14N2/c1-2-6-15-13-19-17(10-12-20-11-9-14(15)5-1)16-7-3-4-8-18(16)21-19/h1-13,21H. The maximum atomic E-state index is 4.33. The summed E-state index contributed by atoms with van der Waals surface area (Å²) in [6.07, 6.45) is 3.68. The van der Waals surface area contributed by atoms with Crippen LogP contribution in [0.3, 0.4) is 0 Å². The smallest absolute Gasteiger partial charge is 0.0471 e. The predicted octanol–water partition coefficient (Wildman–Crippen LogP) is 4.99. The minimum Gasteiger partial charge on any atom is -0.354 e. The van der Waals surface area contributed by atoms with Crippen molar-refractivity contribution in [2.45, 2.75) is 0 Å². The number of nitrogens with one attached hydrogen (secondary N) is 1. The van der Waals surface area contributed by atoms with Crippen molar-refractivity contribution in [1.82, 2.24) is 9.97 Å². The predicted molar refractivity (Wildman–Crippen MR) is 88.7 cm³/mol. The number of nitrogens with zero attached hydrogens (tertiary/aromatic N) is 1. The molecule has 1 N–H and O–H groups in total. The van der Waals surface area contributed by atoms with Crippen LogP contribution in [0.5, 0.6) is 0 Å². The van der Waals surface area contributed by atoms with Crippen molar-refractivity contribution in [2.24, 2.45) is 0 Å². The molecule has 0 saturated carbocycles. The fourth-order valence-electron chi connectivity index (χ4n) is 2.72. The Morgan fingerprint density at radius 2 is 1.33 bits per heavy atom. The molecule has 2 heterocycles. The second kappa shape index (κ2) is 4.91. The van der Waals surface area contributed by atoms with E-state index in [-0.39, 0.29) is 0 Å². The lowest BCUT2D eigenvalue weighted by Gasteiger charge is -1.92. The van der Waals surface area contributed by atoms with E-state index in [1.807, 2.05) is 30.6 Å². The highest BCUT2D eigenvalue weighted by Crippen LogP contribution is 2.24. The topological polar surface area (TPSA) is 28.7 Å². The number of para-hydroxylation sites is 1. The number of fused-ring (bicyclic) bond motifs is 4. The van der Waals surface area contributed by atoms with Gasteiger partial charge in [0.1, 0.15) is 0 Å². The molecule has 2 heteroatoms. The van der Waals surface area contributed by atoms with Gasteiger partial charge in [0, 0.05) is 34.2 Å². The second-order valence-electron chi connectivity index (χ2n) is 5.05. The average Bonchev–Trinajstić information content (AvgIpc) is 2.87. The van der Waals surface area contributed by atoms with Crippen molar-refractivity contribution in [3.8, 4) is 0 Å². The van der Waals surface area contributed by atoms with Gasteiger partial charge in [-0.15, -0.1) is 0 Å². The Morgan fingerprint density at radius 1 is 0.619 bits per heavy atom. The Labute approximate surface area is 122 Å². The molecule has 0 atom stereocenters. The van der Waals surface area contributed by atoms with Gasteiger partial charge in [0.25, 0.3) is 0 Å². The van der Waals surface area contributed by atoms with Gasteiger partial charge in [-0.1, -0.05) is 42.5 Å². The zero-order valence-electron chi connectivity index (χ0n) is 11.5. The third-order valence-electron chi connectivity index (χ3n) is 3.74. The van der Waals surface area contributed by atoms with Crippen molar-refractivity contribution in [3.05, 3.63) is 79.1 Å². The molecule has 0 aliphatic heterocycles. The van der Waals surface area contributed by atoms with Gasteiger partial charge in [0.15, 0.2) is 0 Å². The largest absolute Gasteiger partial charge is 0.354 e. The highest BCUT2D eigenvalue weighted by Gasteiger charge is 2.01. The van der Waals surface area contributed by atoms with Crippen LogP contribution in [-0.4, -0.2) is 9.97 Å². The summed E-state index contributed by atoms with van der Waals surface area (Å²) >= 11 is 0. The molecule has 2 nitrogen and oxygen atoms in total. The van der Waals surface area contributed by atoms with Crippen molar-refractivity contribution < 1.29 is 0 Å². The summed E-state index contributed by atoms with van der Waals surface area (Å²) < 4.78 is 0. The van der Waals surface area contributed by atoms with Crippen LogP contribution in [0.1, 0.15) is 0 Å². The molecule has 0 spiro atoms. The summed E-state index contributed by atoms with van der Waals surface area (Å²) in [5.74, 6) is 0. The Kier molecular flexibility index (Phi) is 2.79. The van der Waals surface area contributed by atoms with E-state index < -0.39 is 0 Å². The van der Waals surface area contributed by atoms with Gasteiger partial charge in [-0.3, -0.25) is 4.98 Å². The lowest BCUT2D eigenvalue weighted by Crippen LogP contribution is -1.70. The maximum absolute atomic E-state index is 4.33. The summed E-state index contributed by atoms with van der Waals surface area (Å²) in [5.41, 5.74) is 2.26. The van der Waals surface area contributed by atoms with Crippen LogP contribution in [0.4, 0.5) is 0 Å². The molecule has 0 fully saturated rings. The van der Waals surface area contributed by atoms with Gasteiger partial charge < -0.3 is 4.98 Å². The molecule has 4 aromatic rings. The van der Waals surface area contributed by atoms with E-state index in [0.29, 0.717) is 0 Å². The quantitative estimate of drug-likeness (QED) is 0.479. The molecule has 0 amide bonds. The third kappa shape index (κ3) is 2.11. The molecule has 0 aliphatic carbocycles. The average molecular weight is 270 g/mol. The van der Waals surface area contributed by atoms with E-state index in [0.717, 1.165) is 11.0 Å². The molecule has 4 rings (SSSR count). The molecule has 0 unspecified atom stereocenters. The fourth-order valence-corrected chi connectivity index (χ4v) is 2.72. The SMILES string of the molecule is c1ccc2cc3[nH]c4ccccc4c3ccnccc2c1. The molecule has 0 saturated heterocycles. The number of rotatable bonds is 0. The first-order valence-corrected chi connectivity index (χ1v) is 6.99. The van der Waals surface area contributed by atoms with Gasteiger partial charge in [-0.2, -0.15) is 0 Å². The molecular weight excluding hydrogens is 256 g/mol. The van der Waals surface area contributed by atoms with Gasteiger partial charge in [0.2, 0.25) is 0 Å². The molecule has 21 heavy (non-hydrogen) atoms. The van der Waals surface area contributed by atoms with Gasteiger partial charge in [-0.25, -0.2) is 0 Å². The second-order valence-corrected chi connectivity index (χ2v) is 5.05. The molecule has 2 aromatic heterocycles. The van der Waals surface area contributed by atoms with E-state index in [9.17, 15) is 0 Å². The van der Waals surface area contributed by atoms with Crippen LogP contribution in [0.2, 0.25) is 0 Å². The minimum atomic E-state index is 1.12. The monoisotopic (exact) mass is 270 g/mol. The first-order chi connectivity index (χ1) is 10.4. The van der Waals surface area contributed by atoms with E-state index in [2.05, 4.69) is 58.5 Å². The molecule has 2 aromatic carbocycles. The van der Waals surface area contributed by atoms with Gasteiger partial charge in [-0.05, 0) is 35.0 Å². The Balaban J connectivity index is 2.25. The minimum absolute atomic E-state index is 1.12. The molecule has 0 radical (unpaired) electrons. The lowest BCUT2D eigenvalue weighted by molar-refractivity contribution is 1.36. The number of aromatic amines is 1. The normalized spacial score (nSPS) is 10.9. The van der Waals surface area contributed by atoms with E-state index in [4.69, 9.17) is 0 Å². The zero-order valence-corrected chi connectivity index (χ0v) is 11.5. The Bertz CT molecular complexity index is 998. The van der Waals surface area contributed by atoms with Crippen molar-refractivity contribution in [1.29, 1.82) is 0 Å². The maximum Gasteiger partial charge on any atom is 0.0471 e. The highest BCUT2D eigenvalue weighted by molar-refractivity contribution is 6.07. The Morgan fingerprint density at radius 3 is 2.29 bits per heavy atom.